The van der Waals surface area contributed by atoms with Crippen LogP contribution in [0.1, 0.15) is 210 Å². The molecule has 55 heavy (non-hydrogen) atoms. The van der Waals surface area contributed by atoms with Crippen LogP contribution in [-0.2, 0) is 12.8 Å². The number of aryl methyl sites for hydroxylation is 2. The SMILES string of the molecule is CCCCCCc1ccc(C#CC2CCC(C3CCC(C)CC3)CC2)cc1.CCCCCCc1ccc(C#CC2CCC(C3CCC(CC)CC3)CC2)cc1. The fraction of sp³-hybridized carbons (Fsp3) is 0.709. The molecule has 0 radical (unpaired) electrons. The lowest BCUT2D eigenvalue weighted by molar-refractivity contribution is 0.156. The van der Waals surface area contributed by atoms with Crippen molar-refractivity contribution < 1.29 is 0 Å². The average Bonchev–Trinajstić information content (AvgIpc) is 3.24. The summed E-state index contributed by atoms with van der Waals surface area (Å²) in [6.45, 7) is 9.35. The molecule has 6 rings (SSSR count). The molecule has 4 saturated carbocycles. The van der Waals surface area contributed by atoms with Crippen molar-refractivity contribution in [2.24, 2.45) is 47.3 Å². The van der Waals surface area contributed by atoms with Crippen LogP contribution in [0.2, 0.25) is 0 Å². The van der Waals surface area contributed by atoms with Gasteiger partial charge in [-0.05, 0) is 174 Å². The van der Waals surface area contributed by atoms with Crippen LogP contribution >= 0.6 is 0 Å². The number of rotatable bonds is 13. The van der Waals surface area contributed by atoms with Crippen LogP contribution in [0.15, 0.2) is 48.5 Å². The molecular weight excluding hydrogens is 661 g/mol. The molecule has 4 aliphatic rings. The fourth-order valence-electron chi connectivity index (χ4n) is 10.7. The molecule has 302 valence electrons. The van der Waals surface area contributed by atoms with Crippen molar-refractivity contribution in [2.75, 3.05) is 0 Å². The van der Waals surface area contributed by atoms with Crippen molar-refractivity contribution >= 4 is 0 Å². The highest BCUT2D eigenvalue weighted by Gasteiger charge is 2.31. The van der Waals surface area contributed by atoms with Crippen LogP contribution in [-0.4, -0.2) is 0 Å². The summed E-state index contributed by atoms with van der Waals surface area (Å²) < 4.78 is 0. The first-order valence-electron chi connectivity index (χ1n) is 24.2. The second-order valence-corrected chi connectivity index (χ2v) is 19.0. The Morgan fingerprint density at radius 3 is 1.15 bits per heavy atom. The quantitative estimate of drug-likeness (QED) is 0.142. The molecular formula is C55H82. The van der Waals surface area contributed by atoms with E-state index >= 15 is 0 Å². The Balaban J connectivity index is 0.000000211. The summed E-state index contributed by atoms with van der Waals surface area (Å²) >= 11 is 0. The van der Waals surface area contributed by atoms with E-state index in [2.05, 4.69) is 99.9 Å². The molecule has 0 bridgehead atoms. The molecule has 0 saturated heterocycles. The van der Waals surface area contributed by atoms with Gasteiger partial charge < -0.3 is 0 Å². The molecule has 2 aromatic carbocycles. The molecule has 2 aromatic rings. The lowest BCUT2D eigenvalue weighted by Gasteiger charge is -2.36. The zero-order chi connectivity index (χ0) is 38.5. The van der Waals surface area contributed by atoms with Gasteiger partial charge >= 0.3 is 0 Å². The van der Waals surface area contributed by atoms with Gasteiger partial charge in [0.15, 0.2) is 0 Å². The van der Waals surface area contributed by atoms with E-state index in [4.69, 9.17) is 0 Å². The van der Waals surface area contributed by atoms with Crippen molar-refractivity contribution in [1.29, 1.82) is 0 Å². The Hall–Kier alpha value is -2.44. The first kappa shape index (κ1) is 43.7. The molecule has 0 spiro atoms. The van der Waals surface area contributed by atoms with Crippen molar-refractivity contribution in [2.45, 2.75) is 201 Å². The van der Waals surface area contributed by atoms with Crippen molar-refractivity contribution in [1.82, 2.24) is 0 Å². The van der Waals surface area contributed by atoms with Crippen LogP contribution in [0.25, 0.3) is 0 Å². The van der Waals surface area contributed by atoms with Gasteiger partial charge in [-0.15, -0.1) is 0 Å². The first-order valence-corrected chi connectivity index (χ1v) is 24.2. The molecule has 0 atom stereocenters. The molecule has 0 heteroatoms. The van der Waals surface area contributed by atoms with Crippen molar-refractivity contribution in [3.8, 4) is 23.7 Å². The van der Waals surface area contributed by atoms with Gasteiger partial charge in [-0.25, -0.2) is 0 Å². The average molecular weight is 743 g/mol. The highest BCUT2D eigenvalue weighted by Crippen LogP contribution is 2.43. The van der Waals surface area contributed by atoms with Gasteiger partial charge in [0.05, 0.1) is 0 Å². The predicted octanol–water partition coefficient (Wildman–Crippen LogP) is 16.0. The molecule has 0 unspecified atom stereocenters. The van der Waals surface area contributed by atoms with Crippen LogP contribution in [0.5, 0.6) is 0 Å². The Morgan fingerprint density at radius 2 is 0.782 bits per heavy atom. The third-order valence-electron chi connectivity index (χ3n) is 14.8. The van der Waals surface area contributed by atoms with Crippen molar-refractivity contribution in [3.63, 3.8) is 0 Å². The Morgan fingerprint density at radius 1 is 0.418 bits per heavy atom. The molecule has 0 aliphatic heterocycles. The van der Waals surface area contributed by atoms with E-state index in [0.29, 0.717) is 11.8 Å². The Kier molecular flexibility index (Phi) is 19.9. The van der Waals surface area contributed by atoms with E-state index in [1.54, 1.807) is 0 Å². The molecule has 4 fully saturated rings. The monoisotopic (exact) mass is 743 g/mol. The van der Waals surface area contributed by atoms with Gasteiger partial charge in [0.1, 0.15) is 0 Å². The standard InChI is InChI=1S/C28H42.C27H40/c1-3-5-6-7-8-24-9-11-25(12-10-24)13-14-26-17-21-28(22-18-26)27-19-15-23(4-2)16-20-27;1-3-4-5-6-7-23-10-12-24(13-11-23)14-15-25-16-20-27(21-17-25)26-18-8-22(2)9-19-26/h9-12,23,26-28H,3-8,15-22H2,1-2H3;10-13,22,25-27H,3-9,16-21H2,1-2H3. The maximum absolute atomic E-state index is 3.61. The number of benzene rings is 2. The summed E-state index contributed by atoms with van der Waals surface area (Å²) in [7, 11) is 0. The maximum atomic E-state index is 3.61. The van der Waals surface area contributed by atoms with Gasteiger partial charge in [-0.3, -0.25) is 0 Å². The van der Waals surface area contributed by atoms with Crippen LogP contribution < -0.4 is 0 Å². The van der Waals surface area contributed by atoms with E-state index in [1.807, 2.05) is 0 Å². The van der Waals surface area contributed by atoms with Gasteiger partial charge in [-0.2, -0.15) is 0 Å². The lowest BCUT2D eigenvalue weighted by Crippen LogP contribution is -2.25. The maximum Gasteiger partial charge on any atom is 0.0245 e. The number of hydrogen-bond donors (Lipinski definition) is 0. The van der Waals surface area contributed by atoms with E-state index in [-0.39, 0.29) is 0 Å². The molecule has 0 nitrogen and oxygen atoms in total. The zero-order valence-electron chi connectivity index (χ0n) is 36.3. The lowest BCUT2D eigenvalue weighted by atomic mass is 9.69. The van der Waals surface area contributed by atoms with Crippen LogP contribution in [0, 0.1) is 71.0 Å². The van der Waals surface area contributed by atoms with E-state index in [9.17, 15) is 0 Å². The zero-order valence-corrected chi connectivity index (χ0v) is 36.3. The van der Waals surface area contributed by atoms with Gasteiger partial charge in [-0.1, -0.05) is 146 Å². The number of hydrogen-bond acceptors (Lipinski definition) is 0. The summed E-state index contributed by atoms with van der Waals surface area (Å²) in [4.78, 5) is 0. The third kappa shape index (κ3) is 15.8. The number of unbranched alkanes of at least 4 members (excludes halogenated alkanes) is 6. The minimum Gasteiger partial charge on any atom is -0.0945 e. The summed E-state index contributed by atoms with van der Waals surface area (Å²) in [5.74, 6) is 21.5. The van der Waals surface area contributed by atoms with E-state index in [0.717, 1.165) is 35.5 Å². The second-order valence-electron chi connectivity index (χ2n) is 19.0. The summed E-state index contributed by atoms with van der Waals surface area (Å²) in [5, 5.41) is 0. The van der Waals surface area contributed by atoms with Gasteiger partial charge in [0, 0.05) is 23.0 Å². The smallest absolute Gasteiger partial charge is 0.0245 e. The summed E-state index contributed by atoms with van der Waals surface area (Å²) in [5.41, 5.74) is 5.35. The van der Waals surface area contributed by atoms with E-state index in [1.165, 1.54) is 196 Å². The van der Waals surface area contributed by atoms with E-state index < -0.39 is 0 Å². The molecule has 0 amide bonds. The Labute approximate surface area is 341 Å². The highest BCUT2D eigenvalue weighted by molar-refractivity contribution is 5.37. The molecule has 0 aromatic heterocycles. The van der Waals surface area contributed by atoms with Crippen LogP contribution in [0.4, 0.5) is 0 Å². The Bertz CT molecular complexity index is 1410. The topological polar surface area (TPSA) is 0 Å². The first-order chi connectivity index (χ1) is 27.0. The normalized spacial score (nSPS) is 28.1. The summed E-state index contributed by atoms with van der Waals surface area (Å²) in [6.07, 6.45) is 37.5. The largest absolute Gasteiger partial charge is 0.0945 e. The highest BCUT2D eigenvalue weighted by atomic mass is 14.4. The van der Waals surface area contributed by atoms with Gasteiger partial charge in [0.2, 0.25) is 0 Å². The fourth-order valence-corrected chi connectivity index (χ4v) is 10.7. The minimum absolute atomic E-state index is 0.636. The molecule has 0 heterocycles. The van der Waals surface area contributed by atoms with Gasteiger partial charge in [0.25, 0.3) is 0 Å². The second kappa shape index (κ2) is 25.0. The predicted molar refractivity (Wildman–Crippen MR) is 240 cm³/mol. The minimum atomic E-state index is 0.636. The molecule has 0 N–H and O–H groups in total. The van der Waals surface area contributed by atoms with Crippen molar-refractivity contribution in [3.05, 3.63) is 70.8 Å². The molecule has 4 aliphatic carbocycles. The third-order valence-corrected chi connectivity index (χ3v) is 14.8. The summed E-state index contributed by atoms with van der Waals surface area (Å²) in [6, 6.07) is 18.1. The van der Waals surface area contributed by atoms with Crippen LogP contribution in [0.3, 0.4) is 0 Å².